The van der Waals surface area contributed by atoms with Crippen LogP contribution >= 0.6 is 0 Å². The number of halogens is 1. The van der Waals surface area contributed by atoms with Crippen molar-refractivity contribution >= 4 is 11.6 Å². The van der Waals surface area contributed by atoms with E-state index in [2.05, 4.69) is 4.90 Å². The van der Waals surface area contributed by atoms with Crippen LogP contribution in [0.3, 0.4) is 0 Å². The van der Waals surface area contributed by atoms with Crippen LogP contribution in [0.5, 0.6) is 0 Å². The molecular weight excluding hydrogens is 319 g/mol. The van der Waals surface area contributed by atoms with Crippen LogP contribution in [0.25, 0.3) is 0 Å². The molecule has 1 saturated carbocycles. The molecule has 0 bridgehead atoms. The summed E-state index contributed by atoms with van der Waals surface area (Å²) >= 11 is 0. The second-order valence-corrected chi connectivity index (χ2v) is 7.85. The van der Waals surface area contributed by atoms with Gasteiger partial charge in [0.1, 0.15) is 5.82 Å². The Hall–Kier alpha value is -1.46. The highest BCUT2D eigenvalue weighted by Crippen LogP contribution is 2.43. The van der Waals surface area contributed by atoms with Gasteiger partial charge in [0.15, 0.2) is 0 Å². The molecule has 1 aliphatic carbocycles. The summed E-state index contributed by atoms with van der Waals surface area (Å²) in [5, 5.41) is 0. The molecule has 2 aliphatic heterocycles. The molecular formula is C20H27FN2O2. The van der Waals surface area contributed by atoms with Crippen molar-refractivity contribution in [1.29, 1.82) is 0 Å². The smallest absolute Gasteiger partial charge is 0.244 e. The van der Waals surface area contributed by atoms with Gasteiger partial charge in [-0.1, -0.05) is 25.0 Å². The molecule has 4 nitrogen and oxygen atoms in total. The Balaban J connectivity index is 1.38. The average molecular weight is 346 g/mol. The van der Waals surface area contributed by atoms with Crippen LogP contribution in [0.4, 0.5) is 10.1 Å². The van der Waals surface area contributed by atoms with Gasteiger partial charge in [-0.3, -0.25) is 9.69 Å². The molecule has 2 saturated heterocycles. The predicted octanol–water partition coefficient (Wildman–Crippen LogP) is 3.35. The minimum Gasteiger partial charge on any atom is -0.370 e. The molecule has 0 unspecified atom stereocenters. The molecule has 1 amide bonds. The molecule has 25 heavy (non-hydrogen) atoms. The zero-order valence-corrected chi connectivity index (χ0v) is 14.9. The number of ether oxygens (including phenoxy) is 1. The van der Waals surface area contributed by atoms with Crippen molar-refractivity contribution in [3.8, 4) is 0 Å². The fourth-order valence-electron chi connectivity index (χ4n) is 4.84. The summed E-state index contributed by atoms with van der Waals surface area (Å²) in [4.78, 5) is 16.5. The van der Waals surface area contributed by atoms with E-state index in [4.69, 9.17) is 4.74 Å². The van der Waals surface area contributed by atoms with E-state index in [0.29, 0.717) is 12.2 Å². The number of para-hydroxylation sites is 1. The van der Waals surface area contributed by atoms with Crippen molar-refractivity contribution in [3.63, 3.8) is 0 Å². The Labute approximate surface area is 148 Å². The molecule has 5 heteroatoms. The molecule has 1 aromatic rings. The molecule has 0 radical (unpaired) electrons. The van der Waals surface area contributed by atoms with E-state index in [1.807, 2.05) is 7.05 Å². The summed E-state index contributed by atoms with van der Waals surface area (Å²) in [6.45, 7) is 1.35. The highest BCUT2D eigenvalue weighted by molar-refractivity contribution is 5.99. The summed E-state index contributed by atoms with van der Waals surface area (Å²) in [7, 11) is 2.00. The highest BCUT2D eigenvalue weighted by atomic mass is 19.1. The lowest BCUT2D eigenvalue weighted by atomic mass is 9.98. The minimum atomic E-state index is -0.332. The second kappa shape index (κ2) is 6.69. The minimum absolute atomic E-state index is 0.00109. The number of hydrogen-bond donors (Lipinski definition) is 0. The summed E-state index contributed by atoms with van der Waals surface area (Å²) in [6.07, 6.45) is 8.14. The van der Waals surface area contributed by atoms with Crippen LogP contribution in [0.2, 0.25) is 0 Å². The predicted molar refractivity (Wildman–Crippen MR) is 95.1 cm³/mol. The molecule has 0 N–H and O–H groups in total. The average Bonchev–Trinajstić information content (AvgIpc) is 3.31. The van der Waals surface area contributed by atoms with Gasteiger partial charge in [0.2, 0.25) is 5.91 Å². The summed E-state index contributed by atoms with van der Waals surface area (Å²) < 4.78 is 20.4. The van der Waals surface area contributed by atoms with Crippen LogP contribution in [0, 0.1) is 5.82 Å². The topological polar surface area (TPSA) is 32.8 Å². The standard InChI is InChI=1S/C20H27FN2O2/c1-22(14-15-8-12-20(25-15)10-4-5-11-20)18-9-13-23(19(18)24)17-7-3-2-6-16(17)21/h2-3,6-7,15,18H,4-5,8-14H2,1H3/t15-,18+/m1/s1. The lowest BCUT2D eigenvalue weighted by molar-refractivity contribution is -0.122. The zero-order chi connectivity index (χ0) is 17.4. The first-order chi connectivity index (χ1) is 12.1. The molecule has 4 rings (SSSR count). The van der Waals surface area contributed by atoms with E-state index in [0.717, 1.165) is 25.8 Å². The normalized spacial score (nSPS) is 28.6. The number of anilines is 1. The second-order valence-electron chi connectivity index (χ2n) is 7.85. The van der Waals surface area contributed by atoms with Gasteiger partial charge < -0.3 is 9.64 Å². The SMILES string of the molecule is CN(C[C@H]1CCC2(CCCC2)O1)[C@H]1CCN(c2ccccc2F)C1=O. The van der Waals surface area contributed by atoms with Gasteiger partial charge in [-0.25, -0.2) is 4.39 Å². The van der Waals surface area contributed by atoms with Gasteiger partial charge in [-0.2, -0.15) is 0 Å². The third kappa shape index (κ3) is 3.20. The number of benzene rings is 1. The van der Waals surface area contributed by atoms with Crippen molar-refractivity contribution < 1.29 is 13.9 Å². The quantitative estimate of drug-likeness (QED) is 0.838. The van der Waals surface area contributed by atoms with Crippen LogP contribution in [0.15, 0.2) is 24.3 Å². The van der Waals surface area contributed by atoms with Crippen molar-refractivity contribution in [2.75, 3.05) is 25.0 Å². The van der Waals surface area contributed by atoms with Gasteiger partial charge in [-0.05, 0) is 51.3 Å². The van der Waals surface area contributed by atoms with Crippen LogP contribution in [0.1, 0.15) is 44.9 Å². The van der Waals surface area contributed by atoms with Gasteiger partial charge >= 0.3 is 0 Å². The molecule has 1 aromatic carbocycles. The summed E-state index contributed by atoms with van der Waals surface area (Å²) in [5.41, 5.74) is 0.523. The van der Waals surface area contributed by atoms with E-state index in [1.54, 1.807) is 23.1 Å². The molecule has 2 atom stereocenters. The van der Waals surface area contributed by atoms with E-state index in [9.17, 15) is 9.18 Å². The van der Waals surface area contributed by atoms with Crippen molar-refractivity contribution in [3.05, 3.63) is 30.1 Å². The largest absolute Gasteiger partial charge is 0.370 e. The van der Waals surface area contributed by atoms with Gasteiger partial charge in [-0.15, -0.1) is 0 Å². The highest BCUT2D eigenvalue weighted by Gasteiger charge is 2.43. The molecule has 136 valence electrons. The van der Waals surface area contributed by atoms with Crippen molar-refractivity contribution in [2.45, 2.75) is 62.7 Å². The third-order valence-corrected chi connectivity index (χ3v) is 6.20. The maximum Gasteiger partial charge on any atom is 0.244 e. The summed E-state index contributed by atoms with van der Waals surface area (Å²) in [6, 6.07) is 6.34. The van der Waals surface area contributed by atoms with E-state index in [1.165, 1.54) is 31.7 Å². The molecule has 3 aliphatic rings. The molecule has 1 spiro atoms. The number of amides is 1. The van der Waals surface area contributed by atoms with Crippen molar-refractivity contribution in [2.24, 2.45) is 0 Å². The number of hydrogen-bond acceptors (Lipinski definition) is 3. The third-order valence-electron chi connectivity index (χ3n) is 6.20. The van der Waals surface area contributed by atoms with E-state index < -0.39 is 0 Å². The molecule has 3 fully saturated rings. The first-order valence-electron chi connectivity index (χ1n) is 9.52. The fourth-order valence-corrected chi connectivity index (χ4v) is 4.84. The Bertz CT molecular complexity index is 644. The lowest BCUT2D eigenvalue weighted by Crippen LogP contribution is -2.43. The zero-order valence-electron chi connectivity index (χ0n) is 14.9. The number of rotatable bonds is 4. The van der Waals surface area contributed by atoms with Crippen molar-refractivity contribution in [1.82, 2.24) is 4.90 Å². The summed E-state index contributed by atoms with van der Waals surface area (Å²) in [5.74, 6) is -0.331. The molecule has 0 aromatic heterocycles. The number of likely N-dealkylation sites (N-methyl/N-ethyl adjacent to an activating group) is 1. The maximum atomic E-state index is 14.0. The Kier molecular flexibility index (Phi) is 4.54. The first-order valence-corrected chi connectivity index (χ1v) is 9.52. The van der Waals surface area contributed by atoms with E-state index in [-0.39, 0.29) is 29.5 Å². The van der Waals surface area contributed by atoms with E-state index >= 15 is 0 Å². The number of carbonyl (C=O) groups excluding carboxylic acids is 1. The monoisotopic (exact) mass is 346 g/mol. The fraction of sp³-hybridized carbons (Fsp3) is 0.650. The maximum absolute atomic E-state index is 14.0. The van der Waals surface area contributed by atoms with Gasteiger partial charge in [0, 0.05) is 13.1 Å². The Morgan fingerprint density at radius 1 is 1.24 bits per heavy atom. The van der Waals surface area contributed by atoms with Gasteiger partial charge in [0.25, 0.3) is 0 Å². The lowest BCUT2D eigenvalue weighted by Gasteiger charge is -2.28. The Morgan fingerprint density at radius 3 is 2.76 bits per heavy atom. The molecule has 2 heterocycles. The van der Waals surface area contributed by atoms with Gasteiger partial charge in [0.05, 0.1) is 23.4 Å². The van der Waals surface area contributed by atoms with Crippen LogP contribution in [-0.2, 0) is 9.53 Å². The van der Waals surface area contributed by atoms with Crippen LogP contribution in [-0.4, -0.2) is 48.7 Å². The first kappa shape index (κ1) is 17.0. The number of nitrogens with zero attached hydrogens (tertiary/aromatic N) is 2. The number of carbonyl (C=O) groups is 1. The Morgan fingerprint density at radius 2 is 2.00 bits per heavy atom. The van der Waals surface area contributed by atoms with Crippen LogP contribution < -0.4 is 4.90 Å².